The first kappa shape index (κ1) is 21.3. The number of anilines is 1. The number of carbonyl (C=O) groups is 1. The molecular formula is C22H21ClN6OS. The fraction of sp³-hybridized carbons (Fsp3) is 0.227. The number of carbonyl (C=O) groups excluding carboxylic acids is 1. The summed E-state index contributed by atoms with van der Waals surface area (Å²) in [6.07, 6.45) is 4.83. The second-order valence-corrected chi connectivity index (χ2v) is 8.37. The van der Waals surface area contributed by atoms with Crippen LogP contribution in [0.1, 0.15) is 25.3 Å². The Bertz CT molecular complexity index is 1190. The van der Waals surface area contributed by atoms with Crippen LogP contribution in [0, 0.1) is 0 Å². The minimum atomic E-state index is -0.111. The van der Waals surface area contributed by atoms with Crippen molar-refractivity contribution < 1.29 is 4.79 Å². The maximum Gasteiger partial charge on any atom is 0.234 e. The lowest BCUT2D eigenvalue weighted by molar-refractivity contribution is -0.113. The van der Waals surface area contributed by atoms with Crippen LogP contribution in [0.5, 0.6) is 0 Å². The summed E-state index contributed by atoms with van der Waals surface area (Å²) in [6.45, 7) is 2.18. The Labute approximate surface area is 189 Å². The lowest BCUT2D eigenvalue weighted by atomic mass is 10.1. The van der Waals surface area contributed by atoms with E-state index in [1.807, 2.05) is 24.3 Å². The van der Waals surface area contributed by atoms with E-state index in [0.717, 1.165) is 24.2 Å². The predicted molar refractivity (Wildman–Crippen MR) is 124 cm³/mol. The molecule has 0 aliphatic rings. The van der Waals surface area contributed by atoms with Crippen molar-refractivity contribution in [2.24, 2.45) is 0 Å². The number of fused-ring (bicyclic) bond motifs is 1. The summed E-state index contributed by atoms with van der Waals surface area (Å²) in [7, 11) is 0. The number of rotatable bonds is 8. The van der Waals surface area contributed by atoms with Crippen LogP contribution in [0.2, 0.25) is 5.02 Å². The first-order valence-corrected chi connectivity index (χ1v) is 11.3. The van der Waals surface area contributed by atoms with Crippen LogP contribution in [0.15, 0.2) is 59.9 Å². The lowest BCUT2D eigenvalue weighted by Crippen LogP contribution is -2.14. The minimum absolute atomic E-state index is 0.111. The maximum atomic E-state index is 12.4. The lowest BCUT2D eigenvalue weighted by Gasteiger charge is -2.06. The van der Waals surface area contributed by atoms with Gasteiger partial charge in [-0.1, -0.05) is 60.1 Å². The summed E-state index contributed by atoms with van der Waals surface area (Å²) in [4.78, 5) is 21.0. The highest BCUT2D eigenvalue weighted by molar-refractivity contribution is 8.00. The minimum Gasteiger partial charge on any atom is -0.325 e. The molecule has 2 heterocycles. The Morgan fingerprint density at radius 1 is 1.16 bits per heavy atom. The van der Waals surface area contributed by atoms with Crippen LogP contribution < -0.4 is 5.32 Å². The van der Waals surface area contributed by atoms with Crippen molar-refractivity contribution in [3.8, 4) is 5.69 Å². The van der Waals surface area contributed by atoms with E-state index >= 15 is 0 Å². The molecule has 1 amide bonds. The number of benzene rings is 2. The van der Waals surface area contributed by atoms with E-state index in [1.54, 1.807) is 16.8 Å². The fourth-order valence-corrected chi connectivity index (χ4v) is 4.00. The van der Waals surface area contributed by atoms with E-state index in [2.05, 4.69) is 44.7 Å². The Morgan fingerprint density at radius 2 is 2.00 bits per heavy atom. The molecule has 0 saturated heterocycles. The largest absolute Gasteiger partial charge is 0.325 e. The number of unbranched alkanes of at least 4 members (excludes halogenated alkanes) is 1. The van der Waals surface area contributed by atoms with Crippen molar-refractivity contribution in [1.29, 1.82) is 0 Å². The number of hydrogen-bond acceptors (Lipinski definition) is 6. The summed E-state index contributed by atoms with van der Waals surface area (Å²) >= 11 is 7.38. The van der Waals surface area contributed by atoms with Gasteiger partial charge in [0.2, 0.25) is 5.91 Å². The maximum absolute atomic E-state index is 12.4. The molecule has 4 rings (SSSR count). The third kappa shape index (κ3) is 5.21. The molecule has 0 bridgehead atoms. The van der Waals surface area contributed by atoms with E-state index in [-0.39, 0.29) is 11.7 Å². The fourth-order valence-electron chi connectivity index (χ4n) is 3.08. The standard InChI is InChI=1S/C22H21ClN6OS/c1-2-3-5-15-8-10-17(11-9-15)26-19(30)13-31-22-20-21(24-14-25-22)29(28-27-20)18-7-4-6-16(23)12-18/h4,6-12,14H,2-3,5,13H2,1H3,(H,26,30). The zero-order valence-corrected chi connectivity index (χ0v) is 18.5. The van der Waals surface area contributed by atoms with Crippen LogP contribution in [0.4, 0.5) is 5.69 Å². The quantitative estimate of drug-likeness (QED) is 0.301. The zero-order valence-electron chi connectivity index (χ0n) is 17.0. The van der Waals surface area contributed by atoms with E-state index in [9.17, 15) is 4.79 Å². The van der Waals surface area contributed by atoms with Gasteiger partial charge in [0.25, 0.3) is 0 Å². The molecule has 31 heavy (non-hydrogen) atoms. The van der Waals surface area contributed by atoms with Gasteiger partial charge in [-0.2, -0.15) is 4.68 Å². The van der Waals surface area contributed by atoms with E-state index in [4.69, 9.17) is 11.6 Å². The van der Waals surface area contributed by atoms with Crippen LogP contribution in [-0.2, 0) is 11.2 Å². The molecule has 1 N–H and O–H groups in total. The summed E-state index contributed by atoms with van der Waals surface area (Å²) in [6, 6.07) is 15.3. The van der Waals surface area contributed by atoms with Gasteiger partial charge >= 0.3 is 0 Å². The third-order valence-corrected chi connectivity index (χ3v) is 5.87. The SMILES string of the molecule is CCCCc1ccc(NC(=O)CSc2ncnc3c2nnn3-c2cccc(Cl)c2)cc1. The molecule has 2 aromatic heterocycles. The van der Waals surface area contributed by atoms with Gasteiger partial charge in [0.15, 0.2) is 11.2 Å². The number of thioether (sulfide) groups is 1. The number of hydrogen-bond donors (Lipinski definition) is 1. The van der Waals surface area contributed by atoms with Gasteiger partial charge < -0.3 is 5.32 Å². The van der Waals surface area contributed by atoms with Crippen LogP contribution in [-0.4, -0.2) is 36.6 Å². The van der Waals surface area contributed by atoms with Gasteiger partial charge in [-0.25, -0.2) is 9.97 Å². The number of aromatic nitrogens is 5. The van der Waals surface area contributed by atoms with E-state index < -0.39 is 0 Å². The van der Waals surface area contributed by atoms with Crippen molar-refractivity contribution in [1.82, 2.24) is 25.0 Å². The highest BCUT2D eigenvalue weighted by Gasteiger charge is 2.15. The number of aryl methyl sites for hydroxylation is 1. The molecule has 0 radical (unpaired) electrons. The monoisotopic (exact) mass is 452 g/mol. The molecule has 0 aliphatic carbocycles. The van der Waals surface area contributed by atoms with Crippen molar-refractivity contribution in [2.75, 3.05) is 11.1 Å². The topological polar surface area (TPSA) is 85.6 Å². The second kappa shape index (κ2) is 9.89. The van der Waals surface area contributed by atoms with Crippen molar-refractivity contribution in [3.05, 3.63) is 65.4 Å². The Hall–Kier alpha value is -2.97. The normalized spacial score (nSPS) is 11.0. The van der Waals surface area contributed by atoms with Crippen LogP contribution in [0.3, 0.4) is 0 Å². The van der Waals surface area contributed by atoms with E-state index in [0.29, 0.717) is 21.2 Å². The number of nitrogens with one attached hydrogen (secondary N) is 1. The molecule has 0 atom stereocenters. The molecule has 4 aromatic rings. The Morgan fingerprint density at radius 3 is 2.77 bits per heavy atom. The first-order chi connectivity index (χ1) is 15.1. The van der Waals surface area contributed by atoms with Crippen molar-refractivity contribution >= 4 is 46.1 Å². The highest BCUT2D eigenvalue weighted by Crippen LogP contribution is 2.25. The van der Waals surface area contributed by atoms with E-state index in [1.165, 1.54) is 30.1 Å². The molecular weight excluding hydrogens is 432 g/mol. The summed E-state index contributed by atoms with van der Waals surface area (Å²) < 4.78 is 1.60. The predicted octanol–water partition coefficient (Wildman–Crippen LogP) is 4.94. The second-order valence-electron chi connectivity index (χ2n) is 6.97. The van der Waals surface area contributed by atoms with Crippen molar-refractivity contribution in [2.45, 2.75) is 31.2 Å². The molecule has 7 nitrogen and oxygen atoms in total. The average Bonchev–Trinajstić information content (AvgIpc) is 3.22. The van der Waals surface area contributed by atoms with Gasteiger partial charge in [-0.15, -0.1) is 5.10 Å². The summed E-state index contributed by atoms with van der Waals surface area (Å²) in [5.74, 6) is 0.0913. The summed E-state index contributed by atoms with van der Waals surface area (Å²) in [5.41, 5.74) is 3.92. The van der Waals surface area contributed by atoms with Crippen LogP contribution in [0.25, 0.3) is 16.9 Å². The molecule has 0 saturated carbocycles. The average molecular weight is 453 g/mol. The van der Waals surface area contributed by atoms with Gasteiger partial charge in [0, 0.05) is 10.7 Å². The first-order valence-electron chi connectivity index (χ1n) is 9.98. The number of amides is 1. The van der Waals surface area contributed by atoms with Gasteiger partial charge in [0.1, 0.15) is 11.4 Å². The summed E-state index contributed by atoms with van der Waals surface area (Å²) in [5, 5.41) is 12.5. The van der Waals surface area contributed by atoms with Crippen LogP contribution >= 0.6 is 23.4 Å². The molecule has 9 heteroatoms. The number of halogens is 1. The molecule has 2 aromatic carbocycles. The molecule has 158 valence electrons. The van der Waals surface area contributed by atoms with Gasteiger partial charge in [-0.05, 0) is 48.7 Å². The van der Waals surface area contributed by atoms with Gasteiger partial charge in [-0.3, -0.25) is 4.79 Å². The smallest absolute Gasteiger partial charge is 0.234 e. The van der Waals surface area contributed by atoms with Crippen molar-refractivity contribution in [3.63, 3.8) is 0 Å². The molecule has 0 fully saturated rings. The third-order valence-electron chi connectivity index (χ3n) is 4.65. The number of nitrogens with zero attached hydrogens (tertiary/aromatic N) is 5. The Balaban J connectivity index is 1.42. The molecule has 0 spiro atoms. The Kier molecular flexibility index (Phi) is 6.79. The zero-order chi connectivity index (χ0) is 21.6. The molecule has 0 unspecified atom stereocenters. The van der Waals surface area contributed by atoms with Gasteiger partial charge in [0.05, 0.1) is 11.4 Å². The highest BCUT2D eigenvalue weighted by atomic mass is 35.5. The molecule has 0 aliphatic heterocycles.